The molecule has 158 valence electrons. The molecule has 3 aliphatic heterocycles. The van der Waals surface area contributed by atoms with Crippen molar-refractivity contribution >= 4 is 29.5 Å². The Bertz CT molecular complexity index is 979. The molecule has 2 N–H and O–H groups in total. The molecule has 1 aromatic carbocycles. The monoisotopic (exact) mass is 413 g/mol. The zero-order valence-corrected chi connectivity index (χ0v) is 16.8. The lowest BCUT2D eigenvalue weighted by molar-refractivity contribution is -0.136. The average molecular weight is 413 g/mol. The van der Waals surface area contributed by atoms with Crippen molar-refractivity contribution in [3.8, 4) is 0 Å². The van der Waals surface area contributed by atoms with Gasteiger partial charge in [0.1, 0.15) is 6.04 Å². The Morgan fingerprint density at radius 1 is 1.10 bits per heavy atom. The molecule has 1 aromatic rings. The maximum absolute atomic E-state index is 13.1. The van der Waals surface area contributed by atoms with Crippen LogP contribution in [0.4, 0.5) is 0 Å². The van der Waals surface area contributed by atoms with Crippen LogP contribution in [0, 0.1) is 0 Å². The first-order chi connectivity index (χ1) is 14.1. The molecule has 0 aliphatic carbocycles. The van der Waals surface area contributed by atoms with Crippen molar-refractivity contribution in [1.82, 2.24) is 15.1 Å². The second kappa shape index (κ2) is 7.02. The number of benzene rings is 1. The molecule has 0 spiro atoms. The summed E-state index contributed by atoms with van der Waals surface area (Å²) in [6.45, 7) is 3.82. The van der Waals surface area contributed by atoms with Crippen LogP contribution in [-0.4, -0.2) is 68.7 Å². The zero-order valence-electron chi connectivity index (χ0n) is 16.8. The molecule has 0 saturated carbocycles. The molecule has 9 heteroatoms. The van der Waals surface area contributed by atoms with Gasteiger partial charge in [-0.15, -0.1) is 0 Å². The summed E-state index contributed by atoms with van der Waals surface area (Å²) >= 11 is 0. The van der Waals surface area contributed by atoms with Gasteiger partial charge in [0.15, 0.2) is 0 Å². The Labute approximate surface area is 173 Å². The quantitative estimate of drug-likeness (QED) is 0.694. The van der Waals surface area contributed by atoms with Crippen LogP contribution in [0.15, 0.2) is 18.2 Å². The number of carbonyl (C=O) groups excluding carboxylic acids is 5. The topological polar surface area (TPSA) is 124 Å². The summed E-state index contributed by atoms with van der Waals surface area (Å²) in [7, 11) is 0. The van der Waals surface area contributed by atoms with Gasteiger partial charge in [0.25, 0.3) is 17.7 Å². The second-order valence-corrected chi connectivity index (χ2v) is 8.52. The highest BCUT2D eigenvalue weighted by Gasteiger charge is 2.45. The average Bonchev–Trinajstić information content (AvgIpc) is 3.26. The van der Waals surface area contributed by atoms with Crippen LogP contribution in [0.1, 0.15) is 70.6 Å². The number of rotatable bonds is 3. The summed E-state index contributed by atoms with van der Waals surface area (Å²) in [4.78, 5) is 64.8. The smallest absolute Gasteiger partial charge is 0.262 e. The van der Waals surface area contributed by atoms with E-state index in [1.54, 1.807) is 18.7 Å². The molecule has 0 radical (unpaired) electrons. The molecule has 2 saturated heterocycles. The predicted octanol–water partition coefficient (Wildman–Crippen LogP) is 0.463. The lowest BCUT2D eigenvalue weighted by atomic mass is 9.96. The van der Waals surface area contributed by atoms with Gasteiger partial charge in [0, 0.05) is 18.5 Å². The van der Waals surface area contributed by atoms with Gasteiger partial charge >= 0.3 is 0 Å². The fourth-order valence-electron chi connectivity index (χ4n) is 4.51. The van der Waals surface area contributed by atoms with E-state index in [0.717, 1.165) is 11.3 Å². The summed E-state index contributed by atoms with van der Waals surface area (Å²) in [5, 5.41) is 12.5. The summed E-state index contributed by atoms with van der Waals surface area (Å²) in [5.41, 5.74) is -0.621. The number of aliphatic hydroxyl groups is 1. The number of carbonyl (C=O) groups is 5. The van der Waals surface area contributed by atoms with Crippen LogP contribution >= 0.6 is 0 Å². The highest BCUT2D eigenvalue weighted by atomic mass is 16.3. The lowest BCUT2D eigenvalue weighted by Crippen LogP contribution is -2.54. The molecule has 9 nitrogen and oxygen atoms in total. The fourth-order valence-corrected chi connectivity index (χ4v) is 4.51. The van der Waals surface area contributed by atoms with Gasteiger partial charge in [-0.1, -0.05) is 0 Å². The number of hydrogen-bond donors (Lipinski definition) is 2. The third kappa shape index (κ3) is 3.19. The minimum absolute atomic E-state index is 0.0425. The Kier molecular flexibility index (Phi) is 4.73. The van der Waals surface area contributed by atoms with E-state index in [2.05, 4.69) is 5.32 Å². The van der Waals surface area contributed by atoms with Crippen molar-refractivity contribution in [2.75, 3.05) is 6.54 Å². The van der Waals surface area contributed by atoms with Gasteiger partial charge < -0.3 is 10.0 Å². The predicted molar refractivity (Wildman–Crippen MR) is 103 cm³/mol. The van der Waals surface area contributed by atoms with Crippen molar-refractivity contribution in [2.24, 2.45) is 0 Å². The molecular weight excluding hydrogens is 390 g/mol. The number of hydrogen-bond acceptors (Lipinski definition) is 6. The molecule has 5 amide bonds. The van der Waals surface area contributed by atoms with Crippen LogP contribution in [0.25, 0.3) is 0 Å². The third-order valence-corrected chi connectivity index (χ3v) is 6.02. The molecule has 0 bridgehead atoms. The summed E-state index contributed by atoms with van der Waals surface area (Å²) in [6.07, 6.45) is 1.57. The van der Waals surface area contributed by atoms with E-state index in [1.165, 1.54) is 18.2 Å². The number of imide groups is 2. The van der Waals surface area contributed by atoms with Crippen LogP contribution in [-0.2, 0) is 9.59 Å². The number of fused-ring (bicyclic) bond motifs is 1. The fraction of sp³-hybridized carbons (Fsp3) is 0.476. The molecule has 30 heavy (non-hydrogen) atoms. The van der Waals surface area contributed by atoms with Gasteiger partial charge in [0.05, 0.1) is 22.8 Å². The van der Waals surface area contributed by atoms with Crippen molar-refractivity contribution in [1.29, 1.82) is 0 Å². The van der Waals surface area contributed by atoms with E-state index in [1.807, 2.05) is 0 Å². The largest absolute Gasteiger partial charge is 0.388 e. The minimum Gasteiger partial charge on any atom is -0.388 e. The van der Waals surface area contributed by atoms with Gasteiger partial charge in [0.2, 0.25) is 11.8 Å². The first kappa shape index (κ1) is 20.2. The molecule has 1 unspecified atom stereocenters. The maximum Gasteiger partial charge on any atom is 0.262 e. The lowest BCUT2D eigenvalue weighted by Gasteiger charge is -2.33. The number of amides is 5. The van der Waals surface area contributed by atoms with Crippen LogP contribution in [0.5, 0.6) is 0 Å². The third-order valence-electron chi connectivity index (χ3n) is 6.02. The Balaban J connectivity index is 1.62. The molecular formula is C21H23N3O6. The van der Waals surface area contributed by atoms with E-state index in [-0.39, 0.29) is 41.5 Å². The number of likely N-dealkylation sites (tertiary alicyclic amines) is 1. The number of piperidine rings is 1. The standard InChI is InChI=1S/C21H23N3O6/c1-21(2,30)15-4-3-9-23(15)18(27)11-5-6-12-13(10-11)20(29)24(19(12)28)14-7-8-16(25)22-17(14)26/h5-6,10,14-15,30H,3-4,7-9H2,1-2H3,(H,22,25,26)/t14?,15-/m0/s1. The molecule has 2 fully saturated rings. The maximum atomic E-state index is 13.1. The van der Waals surface area contributed by atoms with E-state index in [9.17, 15) is 29.1 Å². The Morgan fingerprint density at radius 2 is 1.80 bits per heavy atom. The zero-order chi connectivity index (χ0) is 21.8. The van der Waals surface area contributed by atoms with Crippen LogP contribution in [0.2, 0.25) is 0 Å². The van der Waals surface area contributed by atoms with Crippen molar-refractivity contribution < 1.29 is 29.1 Å². The Morgan fingerprint density at radius 3 is 2.47 bits per heavy atom. The van der Waals surface area contributed by atoms with Crippen molar-refractivity contribution in [3.05, 3.63) is 34.9 Å². The van der Waals surface area contributed by atoms with E-state index in [4.69, 9.17) is 0 Å². The van der Waals surface area contributed by atoms with E-state index < -0.39 is 35.3 Å². The van der Waals surface area contributed by atoms with Crippen molar-refractivity contribution in [2.45, 2.75) is 57.2 Å². The van der Waals surface area contributed by atoms with E-state index in [0.29, 0.717) is 13.0 Å². The summed E-state index contributed by atoms with van der Waals surface area (Å²) in [5.74, 6) is -2.70. The number of nitrogens with one attached hydrogen (secondary N) is 1. The van der Waals surface area contributed by atoms with Crippen LogP contribution < -0.4 is 5.32 Å². The second-order valence-electron chi connectivity index (χ2n) is 8.52. The normalized spacial score (nSPS) is 24.4. The molecule has 3 aliphatic rings. The molecule has 2 atom stereocenters. The summed E-state index contributed by atoms with van der Waals surface area (Å²) < 4.78 is 0. The van der Waals surface area contributed by atoms with Gasteiger partial charge in [-0.05, 0) is 51.3 Å². The minimum atomic E-state index is -1.06. The molecule has 4 rings (SSSR count). The highest BCUT2D eigenvalue weighted by molar-refractivity contribution is 6.24. The number of nitrogens with zero attached hydrogens (tertiary/aromatic N) is 2. The van der Waals surface area contributed by atoms with Gasteiger partial charge in [-0.25, -0.2) is 0 Å². The van der Waals surface area contributed by atoms with Crippen molar-refractivity contribution in [3.63, 3.8) is 0 Å². The highest BCUT2D eigenvalue weighted by Crippen LogP contribution is 2.31. The van der Waals surface area contributed by atoms with Gasteiger partial charge in [-0.2, -0.15) is 0 Å². The Hall–Kier alpha value is -3.07. The SMILES string of the molecule is CC(C)(O)[C@@H]1CCCN1C(=O)c1ccc2c(c1)C(=O)N(C1CCC(=O)NC1=O)C2=O. The van der Waals surface area contributed by atoms with E-state index >= 15 is 0 Å². The first-order valence-electron chi connectivity index (χ1n) is 9.98. The molecule has 0 aromatic heterocycles. The first-order valence-corrected chi connectivity index (χ1v) is 9.98. The molecule has 3 heterocycles. The van der Waals surface area contributed by atoms with Gasteiger partial charge in [-0.3, -0.25) is 34.2 Å². The van der Waals surface area contributed by atoms with Crippen LogP contribution in [0.3, 0.4) is 0 Å². The summed E-state index contributed by atoms with van der Waals surface area (Å²) in [6, 6.07) is 2.90.